The zero-order chi connectivity index (χ0) is 19.6. The number of likely N-dealkylation sites (N-methyl/N-ethyl adjacent to an activating group) is 1. The molecule has 1 aliphatic heterocycles. The number of amides is 2. The van der Waals surface area contributed by atoms with Crippen LogP contribution in [-0.2, 0) is 0 Å². The molecule has 2 fully saturated rings. The predicted molar refractivity (Wildman–Crippen MR) is 115 cm³/mol. The van der Waals surface area contributed by atoms with Crippen LogP contribution in [-0.4, -0.2) is 68.7 Å². The van der Waals surface area contributed by atoms with E-state index in [9.17, 15) is 4.79 Å². The van der Waals surface area contributed by atoms with Crippen LogP contribution in [0.1, 0.15) is 39.0 Å². The fraction of sp³-hybridized carbons (Fsp3) is 0.667. The third kappa shape index (κ3) is 7.59. The quantitative estimate of drug-likeness (QED) is 0.839. The maximum Gasteiger partial charge on any atom is 0.317 e. The highest BCUT2D eigenvalue weighted by molar-refractivity contribution is 6.30. The van der Waals surface area contributed by atoms with E-state index in [2.05, 4.69) is 34.2 Å². The monoisotopic (exact) mass is 394 g/mol. The number of halogens is 1. The number of anilines is 1. The van der Waals surface area contributed by atoms with E-state index in [-0.39, 0.29) is 6.03 Å². The summed E-state index contributed by atoms with van der Waals surface area (Å²) in [5.74, 6) is 0. The molecule has 0 aromatic heterocycles. The number of urea groups is 1. The van der Waals surface area contributed by atoms with Gasteiger partial charge in [-0.1, -0.05) is 37.8 Å². The molecule has 1 heterocycles. The Balaban J connectivity index is 0.000000199. The molecular formula is C21H35ClN4O. The Bertz CT molecular complexity index is 550. The van der Waals surface area contributed by atoms with E-state index in [1.807, 2.05) is 12.1 Å². The topological polar surface area (TPSA) is 38.8 Å². The molecule has 1 N–H and O–H groups in total. The lowest BCUT2D eigenvalue weighted by molar-refractivity contribution is 0.209. The Hall–Kier alpha value is -1.46. The molecule has 1 aromatic carbocycles. The van der Waals surface area contributed by atoms with Crippen LogP contribution in [0.3, 0.4) is 0 Å². The van der Waals surface area contributed by atoms with Crippen LogP contribution in [0.5, 0.6) is 0 Å². The number of benzene rings is 1. The van der Waals surface area contributed by atoms with Crippen molar-refractivity contribution in [2.24, 2.45) is 0 Å². The molecular weight excluding hydrogens is 360 g/mol. The van der Waals surface area contributed by atoms with Crippen molar-refractivity contribution in [1.29, 1.82) is 0 Å². The molecule has 0 spiro atoms. The first-order valence-electron chi connectivity index (χ1n) is 10.2. The van der Waals surface area contributed by atoms with Crippen molar-refractivity contribution in [1.82, 2.24) is 15.1 Å². The molecule has 6 heteroatoms. The van der Waals surface area contributed by atoms with Crippen molar-refractivity contribution in [3.63, 3.8) is 0 Å². The molecule has 1 saturated carbocycles. The fourth-order valence-electron chi connectivity index (χ4n) is 3.52. The SMILES string of the molecule is CCN1CCN(c2ccc(Cl)cc2)CC1.CN(C)C(=O)NC1CCCCC1. The molecule has 0 bridgehead atoms. The summed E-state index contributed by atoms with van der Waals surface area (Å²) in [6.07, 6.45) is 6.16. The number of hydrogen-bond donors (Lipinski definition) is 1. The summed E-state index contributed by atoms with van der Waals surface area (Å²) in [6.45, 7) is 7.95. The highest BCUT2D eigenvalue weighted by Gasteiger charge is 2.16. The Morgan fingerprint density at radius 1 is 1.07 bits per heavy atom. The third-order valence-electron chi connectivity index (χ3n) is 5.35. The van der Waals surface area contributed by atoms with Crippen LogP contribution >= 0.6 is 11.6 Å². The highest BCUT2D eigenvalue weighted by atomic mass is 35.5. The second-order valence-corrected chi connectivity index (χ2v) is 8.01. The Morgan fingerprint density at radius 2 is 1.67 bits per heavy atom. The molecule has 1 aliphatic carbocycles. The van der Waals surface area contributed by atoms with E-state index in [0.29, 0.717) is 6.04 Å². The largest absolute Gasteiger partial charge is 0.369 e. The number of nitrogens with one attached hydrogen (secondary N) is 1. The zero-order valence-electron chi connectivity index (χ0n) is 17.1. The average molecular weight is 395 g/mol. The van der Waals surface area contributed by atoms with Gasteiger partial charge in [0.15, 0.2) is 0 Å². The lowest BCUT2D eigenvalue weighted by Crippen LogP contribution is -2.46. The minimum absolute atomic E-state index is 0.0434. The van der Waals surface area contributed by atoms with Crippen molar-refractivity contribution >= 4 is 23.3 Å². The summed E-state index contributed by atoms with van der Waals surface area (Å²) in [5, 5.41) is 3.82. The van der Waals surface area contributed by atoms with Gasteiger partial charge in [0.05, 0.1) is 0 Å². The van der Waals surface area contributed by atoms with Gasteiger partial charge in [-0.3, -0.25) is 0 Å². The van der Waals surface area contributed by atoms with E-state index >= 15 is 0 Å². The predicted octanol–water partition coefficient (Wildman–Crippen LogP) is 4.07. The first-order valence-corrected chi connectivity index (χ1v) is 10.6. The first-order chi connectivity index (χ1) is 13.0. The van der Waals surface area contributed by atoms with Crippen LogP contribution in [0.25, 0.3) is 0 Å². The Labute approximate surface area is 169 Å². The van der Waals surface area contributed by atoms with Gasteiger partial charge in [-0.15, -0.1) is 0 Å². The number of nitrogens with zero attached hydrogens (tertiary/aromatic N) is 3. The lowest BCUT2D eigenvalue weighted by Gasteiger charge is -2.35. The second-order valence-electron chi connectivity index (χ2n) is 7.58. The fourth-order valence-corrected chi connectivity index (χ4v) is 3.65. The third-order valence-corrected chi connectivity index (χ3v) is 5.60. The zero-order valence-corrected chi connectivity index (χ0v) is 17.8. The van der Waals surface area contributed by atoms with E-state index in [4.69, 9.17) is 11.6 Å². The molecule has 2 aliphatic rings. The maximum atomic E-state index is 11.2. The maximum absolute atomic E-state index is 11.2. The van der Waals surface area contributed by atoms with Gasteiger partial charge in [0, 0.05) is 57.0 Å². The van der Waals surface area contributed by atoms with Gasteiger partial charge < -0.3 is 20.0 Å². The standard InChI is InChI=1S/C12H17ClN2.C9H18N2O/c1-2-14-7-9-15(10-8-14)12-5-3-11(13)4-6-12;1-11(2)9(12)10-8-6-4-3-5-7-8/h3-6H,2,7-10H2,1H3;8H,3-7H2,1-2H3,(H,10,12). The van der Waals surface area contributed by atoms with Crippen molar-refractivity contribution in [2.45, 2.75) is 45.1 Å². The molecule has 0 radical (unpaired) electrons. The summed E-state index contributed by atoms with van der Waals surface area (Å²) in [5.41, 5.74) is 1.29. The summed E-state index contributed by atoms with van der Waals surface area (Å²) in [6, 6.07) is 8.59. The minimum Gasteiger partial charge on any atom is -0.369 e. The van der Waals surface area contributed by atoms with Crippen LogP contribution in [0.4, 0.5) is 10.5 Å². The van der Waals surface area contributed by atoms with E-state index in [0.717, 1.165) is 37.5 Å². The Kier molecular flexibility index (Phi) is 9.22. The molecule has 3 rings (SSSR count). The molecule has 152 valence electrons. The summed E-state index contributed by atoms with van der Waals surface area (Å²) >= 11 is 5.87. The number of piperazine rings is 1. The first kappa shape index (κ1) is 21.8. The van der Waals surface area contributed by atoms with Crippen molar-refractivity contribution < 1.29 is 4.79 Å². The van der Waals surface area contributed by atoms with Crippen LogP contribution in [0.2, 0.25) is 5.02 Å². The molecule has 5 nitrogen and oxygen atoms in total. The minimum atomic E-state index is 0.0434. The van der Waals surface area contributed by atoms with Gasteiger partial charge in [-0.05, 0) is 43.7 Å². The van der Waals surface area contributed by atoms with Crippen LogP contribution in [0, 0.1) is 0 Å². The van der Waals surface area contributed by atoms with Gasteiger partial charge in [0.1, 0.15) is 0 Å². The smallest absolute Gasteiger partial charge is 0.317 e. The van der Waals surface area contributed by atoms with Gasteiger partial charge in [-0.2, -0.15) is 0 Å². The van der Waals surface area contributed by atoms with Crippen molar-refractivity contribution in [3.8, 4) is 0 Å². The van der Waals surface area contributed by atoms with Gasteiger partial charge >= 0.3 is 6.03 Å². The van der Waals surface area contributed by atoms with E-state index < -0.39 is 0 Å². The van der Waals surface area contributed by atoms with Crippen LogP contribution in [0.15, 0.2) is 24.3 Å². The second kappa shape index (κ2) is 11.4. The molecule has 0 atom stereocenters. The summed E-state index contributed by atoms with van der Waals surface area (Å²) in [7, 11) is 3.55. The number of carbonyl (C=O) groups is 1. The number of hydrogen-bond acceptors (Lipinski definition) is 3. The van der Waals surface area contributed by atoms with Gasteiger partial charge in [-0.25, -0.2) is 4.79 Å². The summed E-state index contributed by atoms with van der Waals surface area (Å²) in [4.78, 5) is 17.7. The van der Waals surface area contributed by atoms with Gasteiger partial charge in [0.25, 0.3) is 0 Å². The lowest BCUT2D eigenvalue weighted by atomic mass is 9.96. The molecule has 2 amide bonds. The number of rotatable bonds is 3. The van der Waals surface area contributed by atoms with Crippen LogP contribution < -0.4 is 10.2 Å². The van der Waals surface area contributed by atoms with Crippen molar-refractivity contribution in [2.75, 3.05) is 51.7 Å². The number of carbonyl (C=O) groups excluding carboxylic acids is 1. The average Bonchev–Trinajstić information content (AvgIpc) is 2.70. The molecule has 1 aromatic rings. The van der Waals surface area contributed by atoms with Gasteiger partial charge in [0.2, 0.25) is 0 Å². The van der Waals surface area contributed by atoms with E-state index in [1.165, 1.54) is 38.0 Å². The molecule has 1 saturated heterocycles. The normalized spacial score (nSPS) is 18.4. The van der Waals surface area contributed by atoms with E-state index in [1.54, 1.807) is 19.0 Å². The highest BCUT2D eigenvalue weighted by Crippen LogP contribution is 2.19. The summed E-state index contributed by atoms with van der Waals surface area (Å²) < 4.78 is 0. The van der Waals surface area contributed by atoms with Crippen molar-refractivity contribution in [3.05, 3.63) is 29.3 Å². The molecule has 0 unspecified atom stereocenters. The Morgan fingerprint density at radius 3 is 2.19 bits per heavy atom. The molecule has 27 heavy (non-hydrogen) atoms.